The lowest BCUT2D eigenvalue weighted by atomic mass is 9.94. The summed E-state index contributed by atoms with van der Waals surface area (Å²) in [5.41, 5.74) is 3.08. The molecular formula is C25H23N3O5S. The predicted molar refractivity (Wildman–Crippen MR) is 129 cm³/mol. The first-order valence-corrected chi connectivity index (χ1v) is 11.5. The third kappa shape index (κ3) is 4.22. The van der Waals surface area contributed by atoms with Gasteiger partial charge < -0.3 is 4.74 Å². The standard InChI is InChI=1S/C25H23N3O5S/c1-5-33-24(30)21-16(4)26-25-27(22(21)18-11-8-15(3)19(13-18)28(31)32)23(29)20(34-25)12-17-9-6-14(2)7-10-17/h6-13,22H,5H2,1-4H3/b20-12+/t22-/m0/s1. The van der Waals surface area contributed by atoms with Crippen molar-refractivity contribution >= 4 is 29.1 Å². The molecule has 9 heteroatoms. The van der Waals surface area contributed by atoms with Crippen molar-refractivity contribution in [1.29, 1.82) is 0 Å². The van der Waals surface area contributed by atoms with Gasteiger partial charge in [0, 0.05) is 11.6 Å². The number of carbonyl (C=O) groups is 1. The van der Waals surface area contributed by atoms with Gasteiger partial charge in [0.05, 0.1) is 33.4 Å². The van der Waals surface area contributed by atoms with Gasteiger partial charge in [-0.25, -0.2) is 9.79 Å². The number of aryl methyl sites for hydroxylation is 2. The molecule has 1 aliphatic heterocycles. The summed E-state index contributed by atoms with van der Waals surface area (Å²) in [4.78, 5) is 42.6. The number of benzene rings is 2. The van der Waals surface area contributed by atoms with E-state index in [1.807, 2.05) is 31.2 Å². The second-order valence-electron chi connectivity index (χ2n) is 8.02. The van der Waals surface area contributed by atoms with E-state index >= 15 is 0 Å². The van der Waals surface area contributed by atoms with Gasteiger partial charge >= 0.3 is 5.97 Å². The molecule has 0 fully saturated rings. The summed E-state index contributed by atoms with van der Waals surface area (Å²) in [7, 11) is 0. The van der Waals surface area contributed by atoms with Crippen LogP contribution < -0.4 is 14.9 Å². The molecule has 3 aromatic rings. The normalized spacial score (nSPS) is 15.6. The van der Waals surface area contributed by atoms with Crippen LogP contribution in [0.25, 0.3) is 6.08 Å². The lowest BCUT2D eigenvalue weighted by Gasteiger charge is -2.24. The number of thiazole rings is 1. The maximum absolute atomic E-state index is 13.6. The van der Waals surface area contributed by atoms with Gasteiger partial charge in [0.25, 0.3) is 11.2 Å². The Bertz CT molecular complexity index is 1510. The average molecular weight is 478 g/mol. The summed E-state index contributed by atoms with van der Waals surface area (Å²) in [5.74, 6) is -0.607. The van der Waals surface area contributed by atoms with Crippen molar-refractivity contribution < 1.29 is 14.5 Å². The molecule has 1 atom stereocenters. The van der Waals surface area contributed by atoms with Crippen LogP contribution in [0.2, 0.25) is 0 Å². The van der Waals surface area contributed by atoms with Crippen LogP contribution in [0, 0.1) is 24.0 Å². The Kier molecular flexibility index (Phi) is 6.30. The van der Waals surface area contributed by atoms with Crippen molar-refractivity contribution in [2.75, 3.05) is 6.61 Å². The smallest absolute Gasteiger partial charge is 0.338 e. The molecule has 0 spiro atoms. The lowest BCUT2D eigenvalue weighted by molar-refractivity contribution is -0.385. The molecular weight excluding hydrogens is 454 g/mol. The van der Waals surface area contributed by atoms with E-state index in [0.717, 1.165) is 11.1 Å². The van der Waals surface area contributed by atoms with E-state index < -0.39 is 16.9 Å². The van der Waals surface area contributed by atoms with Crippen molar-refractivity contribution in [2.24, 2.45) is 4.99 Å². The van der Waals surface area contributed by atoms with E-state index in [1.165, 1.54) is 22.0 Å². The number of hydrogen-bond acceptors (Lipinski definition) is 7. The van der Waals surface area contributed by atoms with E-state index in [4.69, 9.17) is 4.74 Å². The van der Waals surface area contributed by atoms with E-state index in [2.05, 4.69) is 4.99 Å². The molecule has 0 aliphatic carbocycles. The summed E-state index contributed by atoms with van der Waals surface area (Å²) in [5, 5.41) is 11.6. The Hall–Kier alpha value is -3.85. The quantitative estimate of drug-likeness (QED) is 0.319. The third-order valence-electron chi connectivity index (χ3n) is 5.64. The number of nitrogens with zero attached hydrogens (tertiary/aromatic N) is 3. The molecule has 1 aliphatic rings. The molecule has 0 amide bonds. The molecule has 0 N–H and O–H groups in total. The van der Waals surface area contributed by atoms with Gasteiger partial charge in [-0.15, -0.1) is 0 Å². The first kappa shape index (κ1) is 23.3. The minimum atomic E-state index is -0.894. The van der Waals surface area contributed by atoms with E-state index in [9.17, 15) is 19.7 Å². The number of rotatable bonds is 5. The number of carbonyl (C=O) groups excluding carboxylic acids is 1. The van der Waals surface area contributed by atoms with Crippen molar-refractivity contribution in [3.05, 3.63) is 106 Å². The molecule has 2 heterocycles. The third-order valence-corrected chi connectivity index (χ3v) is 6.62. The summed E-state index contributed by atoms with van der Waals surface area (Å²) in [6.45, 7) is 7.14. The van der Waals surface area contributed by atoms with Gasteiger partial charge in [-0.1, -0.05) is 53.3 Å². The van der Waals surface area contributed by atoms with E-state index in [-0.39, 0.29) is 23.4 Å². The van der Waals surface area contributed by atoms with Crippen LogP contribution in [0.4, 0.5) is 5.69 Å². The van der Waals surface area contributed by atoms with Crippen molar-refractivity contribution in [1.82, 2.24) is 4.57 Å². The number of esters is 1. The summed E-state index contributed by atoms with van der Waals surface area (Å²) < 4.78 is 7.14. The van der Waals surface area contributed by atoms with Gasteiger partial charge in [-0.3, -0.25) is 19.5 Å². The fourth-order valence-corrected chi connectivity index (χ4v) is 4.96. The zero-order valence-corrected chi connectivity index (χ0v) is 20.0. The molecule has 0 radical (unpaired) electrons. The number of hydrogen-bond donors (Lipinski definition) is 0. The Morgan fingerprint density at radius 2 is 1.91 bits per heavy atom. The SMILES string of the molecule is CCOC(=O)C1=C(C)N=c2s/c(=C/c3ccc(C)cc3)c(=O)n2[C@H]1c1ccc(C)c([N+](=O)[O-])c1. The Labute approximate surface area is 199 Å². The lowest BCUT2D eigenvalue weighted by Crippen LogP contribution is -2.40. The molecule has 0 saturated carbocycles. The van der Waals surface area contributed by atoms with Gasteiger partial charge in [-0.2, -0.15) is 0 Å². The fraction of sp³-hybridized carbons (Fsp3) is 0.240. The highest BCUT2D eigenvalue weighted by atomic mass is 32.1. The largest absolute Gasteiger partial charge is 0.463 e. The first-order valence-electron chi connectivity index (χ1n) is 10.7. The van der Waals surface area contributed by atoms with E-state index in [0.29, 0.717) is 26.2 Å². The monoisotopic (exact) mass is 477 g/mol. The Morgan fingerprint density at radius 3 is 2.56 bits per heavy atom. The number of nitro benzene ring substituents is 1. The van der Waals surface area contributed by atoms with Crippen LogP contribution in [0.3, 0.4) is 0 Å². The second-order valence-corrected chi connectivity index (χ2v) is 9.03. The van der Waals surface area contributed by atoms with Crippen molar-refractivity contribution in [2.45, 2.75) is 33.7 Å². The summed E-state index contributed by atoms with van der Waals surface area (Å²) >= 11 is 1.21. The molecule has 2 aromatic carbocycles. The number of nitro groups is 1. The van der Waals surface area contributed by atoms with Crippen LogP contribution in [-0.4, -0.2) is 22.1 Å². The average Bonchev–Trinajstić information content (AvgIpc) is 3.09. The van der Waals surface area contributed by atoms with Crippen molar-refractivity contribution in [3.63, 3.8) is 0 Å². The molecule has 8 nitrogen and oxygen atoms in total. The van der Waals surface area contributed by atoms with Gasteiger partial charge in [-0.05, 0) is 44.9 Å². The fourth-order valence-electron chi connectivity index (χ4n) is 3.91. The highest BCUT2D eigenvalue weighted by Crippen LogP contribution is 2.33. The van der Waals surface area contributed by atoms with Crippen molar-refractivity contribution in [3.8, 4) is 0 Å². The van der Waals surface area contributed by atoms with Crippen LogP contribution in [0.1, 0.15) is 42.1 Å². The zero-order chi connectivity index (χ0) is 24.6. The molecule has 4 rings (SSSR count). The predicted octanol–water partition coefficient (Wildman–Crippen LogP) is 3.32. The first-order chi connectivity index (χ1) is 16.2. The van der Waals surface area contributed by atoms with Crippen LogP contribution in [0.5, 0.6) is 0 Å². The van der Waals surface area contributed by atoms with Gasteiger partial charge in [0.15, 0.2) is 4.80 Å². The zero-order valence-electron chi connectivity index (χ0n) is 19.2. The minimum Gasteiger partial charge on any atom is -0.463 e. The maximum atomic E-state index is 13.6. The topological polar surface area (TPSA) is 104 Å². The van der Waals surface area contributed by atoms with Gasteiger partial charge in [0.2, 0.25) is 0 Å². The number of aromatic nitrogens is 1. The highest BCUT2D eigenvalue weighted by Gasteiger charge is 2.34. The summed E-state index contributed by atoms with van der Waals surface area (Å²) in [6, 6.07) is 11.6. The Morgan fingerprint density at radius 1 is 1.21 bits per heavy atom. The molecule has 174 valence electrons. The second kappa shape index (κ2) is 9.18. The number of ether oxygens (including phenoxy) is 1. The highest BCUT2D eigenvalue weighted by molar-refractivity contribution is 7.07. The number of allylic oxidation sites excluding steroid dienone is 1. The molecule has 0 unspecified atom stereocenters. The Balaban J connectivity index is 1.98. The maximum Gasteiger partial charge on any atom is 0.338 e. The number of fused-ring (bicyclic) bond motifs is 1. The minimum absolute atomic E-state index is 0.0860. The van der Waals surface area contributed by atoms with Gasteiger partial charge in [0.1, 0.15) is 0 Å². The molecule has 0 saturated heterocycles. The van der Waals surface area contributed by atoms with Crippen LogP contribution >= 0.6 is 11.3 Å². The van der Waals surface area contributed by atoms with Crippen LogP contribution in [-0.2, 0) is 9.53 Å². The molecule has 34 heavy (non-hydrogen) atoms. The molecule has 1 aromatic heterocycles. The summed E-state index contributed by atoms with van der Waals surface area (Å²) in [6.07, 6.45) is 1.78. The molecule has 0 bridgehead atoms. The van der Waals surface area contributed by atoms with E-state index in [1.54, 1.807) is 39.0 Å². The van der Waals surface area contributed by atoms with Crippen LogP contribution in [0.15, 0.2) is 63.5 Å².